The molecule has 1 aliphatic heterocycles. The zero-order valence-electron chi connectivity index (χ0n) is 18.6. The first-order valence-electron chi connectivity index (χ1n) is 12.0. The molecule has 0 radical (unpaired) electrons. The van der Waals surface area contributed by atoms with E-state index in [1.807, 2.05) is 6.07 Å². The molecule has 1 aromatic rings. The van der Waals surface area contributed by atoms with Crippen molar-refractivity contribution in [1.82, 2.24) is 5.43 Å². The normalized spacial score (nSPS) is 52.3. The molecule has 1 aromatic heterocycles. The number of guanidine groups is 1. The largest absolute Gasteiger partial charge is 0.472 e. The summed E-state index contributed by atoms with van der Waals surface area (Å²) in [5.74, 6) is 1.97. The van der Waals surface area contributed by atoms with Crippen LogP contribution in [0.3, 0.4) is 0 Å². The number of nitrogens with two attached hydrogens (primary N) is 2. The fourth-order valence-electron chi connectivity index (χ4n) is 8.94. The number of hydrogen-bond acceptors (Lipinski definition) is 5. The Morgan fingerprint density at radius 3 is 2.74 bits per heavy atom. The van der Waals surface area contributed by atoms with Gasteiger partial charge in [-0.3, -0.25) is 0 Å². The van der Waals surface area contributed by atoms with Crippen molar-refractivity contribution in [3.05, 3.63) is 24.2 Å². The van der Waals surface area contributed by atoms with Crippen LogP contribution in [0.25, 0.3) is 0 Å². The Bertz CT molecular complexity index is 901. The average molecular weight is 429 g/mol. The van der Waals surface area contributed by atoms with Gasteiger partial charge in [0, 0.05) is 23.4 Å². The fourth-order valence-corrected chi connectivity index (χ4v) is 8.94. The van der Waals surface area contributed by atoms with Crippen LogP contribution in [0.15, 0.2) is 28.1 Å². The molecule has 9 atom stereocenters. The number of aliphatic hydroxyl groups is 1. The molecule has 4 saturated carbocycles. The Morgan fingerprint density at radius 1 is 1.16 bits per heavy atom. The maximum Gasteiger partial charge on any atom is 0.208 e. The molecule has 4 aliphatic carbocycles. The van der Waals surface area contributed by atoms with Crippen LogP contribution in [0.4, 0.5) is 0 Å². The van der Waals surface area contributed by atoms with Gasteiger partial charge < -0.3 is 31.2 Å². The first kappa shape index (κ1) is 19.9. The van der Waals surface area contributed by atoms with E-state index in [2.05, 4.69) is 24.4 Å². The Hall–Kier alpha value is -1.73. The molecule has 1 saturated heterocycles. The van der Waals surface area contributed by atoms with Crippen LogP contribution >= 0.6 is 0 Å². The van der Waals surface area contributed by atoms with Gasteiger partial charge in [-0.05, 0) is 74.2 Å². The first-order chi connectivity index (χ1) is 14.7. The van der Waals surface area contributed by atoms with Gasteiger partial charge >= 0.3 is 0 Å². The van der Waals surface area contributed by atoms with E-state index in [-0.39, 0.29) is 23.1 Å². The van der Waals surface area contributed by atoms with Crippen LogP contribution in [-0.4, -0.2) is 28.8 Å². The molecule has 170 valence electrons. The smallest absolute Gasteiger partial charge is 0.208 e. The third-order valence-corrected chi connectivity index (χ3v) is 10.6. The number of nitrogens with one attached hydrogen (secondary N) is 1. The van der Waals surface area contributed by atoms with Crippen LogP contribution in [0.5, 0.6) is 0 Å². The van der Waals surface area contributed by atoms with Crippen LogP contribution in [0, 0.1) is 28.6 Å². The molecular weight excluding hydrogens is 392 g/mol. The summed E-state index contributed by atoms with van der Waals surface area (Å²) in [5, 5.41) is 16.0. The molecule has 2 heterocycles. The van der Waals surface area contributed by atoms with E-state index in [4.69, 9.17) is 20.6 Å². The first-order valence-corrected chi connectivity index (χ1v) is 12.0. The lowest BCUT2D eigenvalue weighted by Crippen LogP contribution is -2.61. The van der Waals surface area contributed by atoms with Gasteiger partial charge in [-0.2, -0.15) is 0 Å². The summed E-state index contributed by atoms with van der Waals surface area (Å²) in [5.41, 5.74) is 14.2. The Morgan fingerprint density at radius 2 is 2.00 bits per heavy atom. The number of hydrogen-bond donors (Lipinski definition) is 4. The Kier molecular flexibility index (Phi) is 3.98. The molecule has 0 bridgehead atoms. The van der Waals surface area contributed by atoms with Gasteiger partial charge in [0.05, 0.1) is 18.6 Å². The minimum Gasteiger partial charge on any atom is -0.472 e. The van der Waals surface area contributed by atoms with Crippen LogP contribution in [0.2, 0.25) is 0 Å². The lowest BCUT2D eigenvalue weighted by atomic mass is 9.43. The van der Waals surface area contributed by atoms with E-state index in [0.29, 0.717) is 35.6 Å². The van der Waals surface area contributed by atoms with E-state index in [0.717, 1.165) is 31.2 Å². The molecule has 0 amide bonds. The van der Waals surface area contributed by atoms with Crippen molar-refractivity contribution in [3.8, 4) is 0 Å². The number of rotatable bonds is 3. The molecule has 1 spiro atoms. The lowest BCUT2D eigenvalue weighted by Gasteiger charge is -2.62. The van der Waals surface area contributed by atoms with Crippen molar-refractivity contribution in [2.75, 3.05) is 0 Å². The number of ether oxygens (including phenoxy) is 1. The van der Waals surface area contributed by atoms with Gasteiger partial charge in [-0.25, -0.2) is 0 Å². The third-order valence-electron chi connectivity index (χ3n) is 10.6. The van der Waals surface area contributed by atoms with Crippen molar-refractivity contribution in [1.29, 1.82) is 0 Å². The average Bonchev–Trinajstić information content (AvgIpc) is 3.10. The summed E-state index contributed by atoms with van der Waals surface area (Å²) < 4.78 is 11.9. The van der Waals surface area contributed by atoms with E-state index in [1.165, 1.54) is 19.3 Å². The second-order valence-electron chi connectivity index (χ2n) is 11.5. The Labute approximate surface area is 183 Å². The van der Waals surface area contributed by atoms with Crippen molar-refractivity contribution >= 4 is 5.96 Å². The van der Waals surface area contributed by atoms with Gasteiger partial charge in [0.15, 0.2) is 0 Å². The third kappa shape index (κ3) is 2.34. The summed E-state index contributed by atoms with van der Waals surface area (Å²) in [4.78, 5) is 0. The molecule has 6 N–H and O–H groups in total. The van der Waals surface area contributed by atoms with E-state index in [1.54, 1.807) is 12.5 Å². The highest BCUT2D eigenvalue weighted by Crippen LogP contribution is 2.78. The zero-order valence-corrected chi connectivity index (χ0v) is 18.6. The predicted molar refractivity (Wildman–Crippen MR) is 117 cm³/mol. The minimum absolute atomic E-state index is 0.103. The SMILES string of the molecule is C[C@]12CCC3C(CC[C@@H]4C[C@@H](NN=C(N)N)CC[C@]34C)C13O[C@@H]3C[C@]2(O)c1ccoc1. The van der Waals surface area contributed by atoms with E-state index in [9.17, 15) is 5.11 Å². The number of fused-ring (bicyclic) bond motifs is 3. The van der Waals surface area contributed by atoms with E-state index >= 15 is 0 Å². The van der Waals surface area contributed by atoms with Gasteiger partial charge in [-0.15, -0.1) is 5.10 Å². The molecule has 6 rings (SSSR count). The molecule has 0 aromatic carbocycles. The van der Waals surface area contributed by atoms with Crippen LogP contribution in [-0.2, 0) is 10.3 Å². The summed E-state index contributed by atoms with van der Waals surface area (Å²) in [6.07, 6.45) is 12.3. The number of hydrazone groups is 1. The second-order valence-corrected chi connectivity index (χ2v) is 11.5. The molecular formula is C24H36N4O3. The Balaban J connectivity index is 1.28. The summed E-state index contributed by atoms with van der Waals surface area (Å²) in [6.45, 7) is 4.81. The predicted octanol–water partition coefficient (Wildman–Crippen LogP) is 2.79. The van der Waals surface area contributed by atoms with Crippen molar-refractivity contribution < 1.29 is 14.3 Å². The monoisotopic (exact) mass is 428 g/mol. The van der Waals surface area contributed by atoms with Gasteiger partial charge in [0.25, 0.3) is 0 Å². The fraction of sp³-hybridized carbons (Fsp3) is 0.792. The van der Waals surface area contributed by atoms with Crippen molar-refractivity contribution in [2.24, 2.45) is 45.2 Å². The van der Waals surface area contributed by atoms with Gasteiger partial charge in [0.1, 0.15) is 11.2 Å². The summed E-state index contributed by atoms with van der Waals surface area (Å²) in [7, 11) is 0. The molecule has 5 aliphatic rings. The summed E-state index contributed by atoms with van der Waals surface area (Å²) >= 11 is 0. The highest BCUT2D eigenvalue weighted by atomic mass is 16.6. The van der Waals surface area contributed by atoms with Gasteiger partial charge in [0.2, 0.25) is 5.96 Å². The summed E-state index contributed by atoms with van der Waals surface area (Å²) in [6, 6.07) is 2.30. The quantitative estimate of drug-likeness (QED) is 0.254. The topological polar surface area (TPSA) is 122 Å². The number of furan rings is 1. The van der Waals surface area contributed by atoms with Crippen molar-refractivity contribution in [2.45, 2.75) is 88.6 Å². The maximum atomic E-state index is 11.9. The highest BCUT2D eigenvalue weighted by molar-refractivity contribution is 5.75. The standard InChI is InChI=1S/C24H36N4O3/c1-21-8-5-16(27-28-20(25)26)11-14(21)3-4-18-17(21)6-9-22(2)23(29,15-7-10-30-13-15)12-19-24(18,22)31-19/h7,10,13-14,16-19,27,29H,3-6,8-9,11-12H2,1-2H3,(H4,25,26,28)/t14-,16+,17?,18?,19-,21+,22-,23+,24?/m1/s1. The maximum absolute atomic E-state index is 11.9. The highest BCUT2D eigenvalue weighted by Gasteiger charge is 2.84. The van der Waals surface area contributed by atoms with Crippen LogP contribution in [0.1, 0.15) is 70.8 Å². The molecule has 7 heteroatoms. The number of epoxide rings is 1. The van der Waals surface area contributed by atoms with Crippen molar-refractivity contribution in [3.63, 3.8) is 0 Å². The van der Waals surface area contributed by atoms with Crippen LogP contribution < -0.4 is 16.9 Å². The second kappa shape index (κ2) is 6.19. The minimum atomic E-state index is -0.854. The zero-order chi connectivity index (χ0) is 21.6. The lowest BCUT2D eigenvalue weighted by molar-refractivity contribution is -0.190. The van der Waals surface area contributed by atoms with Gasteiger partial charge in [-0.1, -0.05) is 13.8 Å². The molecule has 3 unspecified atom stereocenters. The van der Waals surface area contributed by atoms with E-state index < -0.39 is 5.60 Å². The molecule has 7 nitrogen and oxygen atoms in total. The molecule has 31 heavy (non-hydrogen) atoms. The number of nitrogens with zero attached hydrogens (tertiary/aromatic N) is 1. The molecule has 5 fully saturated rings.